The number of hydrogen-bond acceptors (Lipinski definition) is 4. The molecule has 0 spiro atoms. The molecule has 0 saturated carbocycles. The first kappa shape index (κ1) is 18.9. The van der Waals surface area contributed by atoms with Crippen LogP contribution < -0.4 is 15.4 Å². The lowest BCUT2D eigenvalue weighted by molar-refractivity contribution is -0.120. The van der Waals surface area contributed by atoms with Crippen molar-refractivity contribution in [3.8, 4) is 5.75 Å². The van der Waals surface area contributed by atoms with Crippen LogP contribution in [0.25, 0.3) is 0 Å². The molecule has 0 aliphatic carbocycles. The van der Waals surface area contributed by atoms with Crippen molar-refractivity contribution >= 4 is 17.5 Å². The zero-order valence-electron chi connectivity index (χ0n) is 15.5. The molecule has 1 aliphatic heterocycles. The summed E-state index contributed by atoms with van der Waals surface area (Å²) in [4.78, 5) is 23.7. The quantitative estimate of drug-likeness (QED) is 0.849. The molecule has 3 rings (SSSR count). The lowest BCUT2D eigenvalue weighted by Crippen LogP contribution is -2.38. The van der Waals surface area contributed by atoms with E-state index in [9.17, 15) is 9.59 Å². The summed E-state index contributed by atoms with van der Waals surface area (Å²) in [6, 6.07) is 14.8. The van der Waals surface area contributed by atoms with E-state index in [2.05, 4.69) is 10.6 Å². The Morgan fingerprint density at radius 2 is 1.85 bits per heavy atom. The van der Waals surface area contributed by atoms with Crippen molar-refractivity contribution in [2.24, 2.45) is 0 Å². The van der Waals surface area contributed by atoms with Gasteiger partial charge >= 0.3 is 0 Å². The molecular weight excluding hydrogens is 344 g/mol. The summed E-state index contributed by atoms with van der Waals surface area (Å²) >= 11 is 0. The van der Waals surface area contributed by atoms with Crippen LogP contribution >= 0.6 is 0 Å². The Hall–Kier alpha value is -2.86. The molecular formula is C21H24N2O4. The van der Waals surface area contributed by atoms with Crippen molar-refractivity contribution in [3.63, 3.8) is 0 Å². The van der Waals surface area contributed by atoms with Crippen molar-refractivity contribution in [3.05, 3.63) is 59.7 Å². The summed E-state index contributed by atoms with van der Waals surface area (Å²) in [5, 5.41) is 5.84. The van der Waals surface area contributed by atoms with Crippen LogP contribution in [0.5, 0.6) is 5.75 Å². The Kier molecular flexibility index (Phi) is 6.08. The number of ether oxygens (including phenoxy) is 2. The molecule has 0 unspecified atom stereocenters. The number of anilines is 1. The fourth-order valence-corrected chi connectivity index (χ4v) is 3.26. The van der Waals surface area contributed by atoms with Crippen LogP contribution in [0.15, 0.2) is 48.5 Å². The van der Waals surface area contributed by atoms with Crippen LogP contribution in [-0.2, 0) is 9.53 Å². The Bertz CT molecular complexity index is 804. The first-order chi connectivity index (χ1) is 13.1. The zero-order valence-corrected chi connectivity index (χ0v) is 15.5. The van der Waals surface area contributed by atoms with Gasteiger partial charge in [0.1, 0.15) is 5.75 Å². The number of methoxy groups -OCH3 is 1. The SMILES string of the molecule is COc1ccccc1C(=O)Nc1ccc([C@@H]2C[C@H](NC(C)=O)CCO2)cc1. The van der Waals surface area contributed by atoms with Gasteiger partial charge in [-0.2, -0.15) is 0 Å². The molecule has 6 nitrogen and oxygen atoms in total. The average molecular weight is 368 g/mol. The summed E-state index contributed by atoms with van der Waals surface area (Å²) in [7, 11) is 1.54. The standard InChI is InChI=1S/C21H24N2O4/c1-14(24)22-17-11-12-27-20(13-17)15-7-9-16(10-8-15)23-21(25)18-5-3-4-6-19(18)26-2/h3-10,17,20H,11-13H2,1-2H3,(H,22,24)(H,23,25)/t17-,20+/m1/s1. The van der Waals surface area contributed by atoms with Gasteiger partial charge in [-0.3, -0.25) is 9.59 Å². The molecule has 6 heteroatoms. The average Bonchev–Trinajstić information content (AvgIpc) is 2.68. The van der Waals surface area contributed by atoms with Gasteiger partial charge in [-0.1, -0.05) is 24.3 Å². The maximum atomic E-state index is 12.5. The van der Waals surface area contributed by atoms with Gasteiger partial charge in [-0.25, -0.2) is 0 Å². The Balaban J connectivity index is 1.65. The first-order valence-electron chi connectivity index (χ1n) is 9.00. The number of para-hydroxylation sites is 1. The molecule has 0 bridgehead atoms. The normalized spacial score (nSPS) is 19.2. The van der Waals surface area contributed by atoms with Gasteiger partial charge in [0.15, 0.2) is 0 Å². The minimum atomic E-state index is -0.222. The van der Waals surface area contributed by atoms with E-state index in [0.29, 0.717) is 23.6 Å². The Labute approximate surface area is 158 Å². The van der Waals surface area contributed by atoms with E-state index in [4.69, 9.17) is 9.47 Å². The van der Waals surface area contributed by atoms with Crippen molar-refractivity contribution in [1.82, 2.24) is 5.32 Å². The summed E-state index contributed by atoms with van der Waals surface area (Å²) < 4.78 is 11.1. The van der Waals surface area contributed by atoms with Gasteiger partial charge in [0, 0.05) is 25.3 Å². The lowest BCUT2D eigenvalue weighted by Gasteiger charge is -2.30. The van der Waals surface area contributed by atoms with Crippen LogP contribution in [0.4, 0.5) is 5.69 Å². The summed E-state index contributed by atoms with van der Waals surface area (Å²) in [6.45, 7) is 2.14. The highest BCUT2D eigenvalue weighted by Crippen LogP contribution is 2.29. The van der Waals surface area contributed by atoms with E-state index in [0.717, 1.165) is 18.4 Å². The summed E-state index contributed by atoms with van der Waals surface area (Å²) in [5.41, 5.74) is 2.21. The van der Waals surface area contributed by atoms with E-state index in [1.165, 1.54) is 6.92 Å². The van der Waals surface area contributed by atoms with Crippen LogP contribution in [0, 0.1) is 0 Å². The van der Waals surface area contributed by atoms with Gasteiger partial charge in [0.05, 0.1) is 18.8 Å². The molecule has 2 amide bonds. The van der Waals surface area contributed by atoms with E-state index in [-0.39, 0.29) is 24.0 Å². The summed E-state index contributed by atoms with van der Waals surface area (Å²) in [6.07, 6.45) is 1.50. The van der Waals surface area contributed by atoms with Crippen molar-refractivity contribution in [2.45, 2.75) is 31.9 Å². The number of carbonyl (C=O) groups is 2. The number of benzene rings is 2. The molecule has 0 radical (unpaired) electrons. The lowest BCUT2D eigenvalue weighted by atomic mass is 9.97. The monoisotopic (exact) mass is 368 g/mol. The van der Waals surface area contributed by atoms with E-state index < -0.39 is 0 Å². The van der Waals surface area contributed by atoms with Gasteiger partial charge in [0.25, 0.3) is 5.91 Å². The highest BCUT2D eigenvalue weighted by Gasteiger charge is 2.24. The van der Waals surface area contributed by atoms with Gasteiger partial charge < -0.3 is 20.1 Å². The number of nitrogens with one attached hydrogen (secondary N) is 2. The topological polar surface area (TPSA) is 76.7 Å². The maximum Gasteiger partial charge on any atom is 0.259 e. The van der Waals surface area contributed by atoms with Crippen LogP contribution in [0.2, 0.25) is 0 Å². The van der Waals surface area contributed by atoms with Crippen LogP contribution in [0.1, 0.15) is 41.8 Å². The second-order valence-corrected chi connectivity index (χ2v) is 6.56. The highest BCUT2D eigenvalue weighted by atomic mass is 16.5. The fourth-order valence-electron chi connectivity index (χ4n) is 3.26. The molecule has 2 N–H and O–H groups in total. The number of carbonyl (C=O) groups excluding carboxylic acids is 2. The predicted octanol–water partition coefficient (Wildman–Crippen LogP) is 3.30. The van der Waals surface area contributed by atoms with Crippen LogP contribution in [-0.4, -0.2) is 31.6 Å². The Morgan fingerprint density at radius 3 is 2.56 bits per heavy atom. The third kappa shape index (κ3) is 4.86. The van der Waals surface area contributed by atoms with E-state index >= 15 is 0 Å². The number of amides is 2. The number of hydrogen-bond donors (Lipinski definition) is 2. The minimum Gasteiger partial charge on any atom is -0.496 e. The minimum absolute atomic E-state index is 0.0185. The molecule has 1 fully saturated rings. The third-order valence-electron chi connectivity index (χ3n) is 4.58. The van der Waals surface area contributed by atoms with Gasteiger partial charge in [0.2, 0.25) is 5.91 Å². The molecule has 142 valence electrons. The molecule has 27 heavy (non-hydrogen) atoms. The summed E-state index contributed by atoms with van der Waals surface area (Å²) in [5.74, 6) is 0.293. The predicted molar refractivity (Wildman–Crippen MR) is 103 cm³/mol. The van der Waals surface area contributed by atoms with E-state index in [1.54, 1.807) is 25.3 Å². The molecule has 2 atom stereocenters. The van der Waals surface area contributed by atoms with Gasteiger partial charge in [-0.15, -0.1) is 0 Å². The molecule has 1 aliphatic rings. The largest absolute Gasteiger partial charge is 0.496 e. The molecule has 0 aromatic heterocycles. The fraction of sp³-hybridized carbons (Fsp3) is 0.333. The van der Waals surface area contributed by atoms with Crippen molar-refractivity contribution < 1.29 is 19.1 Å². The number of rotatable bonds is 5. The van der Waals surface area contributed by atoms with Crippen LogP contribution in [0.3, 0.4) is 0 Å². The second kappa shape index (κ2) is 8.68. The smallest absolute Gasteiger partial charge is 0.259 e. The second-order valence-electron chi connectivity index (χ2n) is 6.56. The van der Waals surface area contributed by atoms with Crippen molar-refractivity contribution in [1.29, 1.82) is 0 Å². The van der Waals surface area contributed by atoms with Gasteiger partial charge in [-0.05, 0) is 42.7 Å². The highest BCUT2D eigenvalue weighted by molar-refractivity contribution is 6.06. The molecule has 2 aromatic rings. The van der Waals surface area contributed by atoms with E-state index in [1.807, 2.05) is 30.3 Å². The zero-order chi connectivity index (χ0) is 19.2. The van der Waals surface area contributed by atoms with Crippen molar-refractivity contribution in [2.75, 3.05) is 19.0 Å². The third-order valence-corrected chi connectivity index (χ3v) is 4.58. The maximum absolute atomic E-state index is 12.5. The molecule has 2 aromatic carbocycles. The molecule has 1 heterocycles. The molecule has 1 saturated heterocycles. The Morgan fingerprint density at radius 1 is 1.11 bits per heavy atom. The first-order valence-corrected chi connectivity index (χ1v) is 9.00.